The normalized spacial score (nSPS) is 24.9. The van der Waals surface area contributed by atoms with Gasteiger partial charge < -0.3 is 9.67 Å². The first-order valence-electron chi connectivity index (χ1n) is 6.44. The number of imidazole rings is 1. The van der Waals surface area contributed by atoms with E-state index in [9.17, 15) is 9.90 Å². The van der Waals surface area contributed by atoms with Crippen LogP contribution >= 0.6 is 0 Å². The highest BCUT2D eigenvalue weighted by Crippen LogP contribution is 2.31. The van der Waals surface area contributed by atoms with Crippen molar-refractivity contribution in [2.75, 3.05) is 6.54 Å². The standard InChI is InChI=1S/C13H21N3O2/c1-10(2)16-9-14-7-11(16)8-15-6-4-5-13(15,3)12(17)18/h7,9-10H,4-6,8H2,1-3H3,(H,17,18). The molecule has 1 aliphatic rings. The van der Waals surface area contributed by atoms with Gasteiger partial charge in [-0.1, -0.05) is 0 Å². The molecule has 0 radical (unpaired) electrons. The molecule has 18 heavy (non-hydrogen) atoms. The van der Waals surface area contributed by atoms with Crippen LogP contribution in [0.25, 0.3) is 0 Å². The highest BCUT2D eigenvalue weighted by Gasteiger charge is 2.43. The van der Waals surface area contributed by atoms with Crippen molar-refractivity contribution in [2.45, 2.75) is 51.7 Å². The van der Waals surface area contributed by atoms with Gasteiger partial charge in [-0.05, 0) is 40.2 Å². The SMILES string of the molecule is CC(C)n1cncc1CN1CCCC1(C)C(=O)O. The zero-order valence-electron chi connectivity index (χ0n) is 11.3. The van der Waals surface area contributed by atoms with Gasteiger partial charge in [0.2, 0.25) is 0 Å². The molecular weight excluding hydrogens is 230 g/mol. The molecule has 0 saturated carbocycles. The molecule has 0 aliphatic carbocycles. The summed E-state index contributed by atoms with van der Waals surface area (Å²) in [6, 6.07) is 0.348. The fourth-order valence-electron chi connectivity index (χ4n) is 2.63. The van der Waals surface area contributed by atoms with E-state index in [1.807, 2.05) is 24.3 Å². The van der Waals surface area contributed by atoms with Gasteiger partial charge in [0.1, 0.15) is 5.54 Å². The van der Waals surface area contributed by atoms with Crippen molar-refractivity contribution in [1.29, 1.82) is 0 Å². The maximum absolute atomic E-state index is 11.4. The van der Waals surface area contributed by atoms with Gasteiger partial charge in [-0.25, -0.2) is 4.98 Å². The predicted molar refractivity (Wildman–Crippen MR) is 68.3 cm³/mol. The number of carbonyl (C=O) groups is 1. The maximum Gasteiger partial charge on any atom is 0.323 e. The third-order valence-corrected chi connectivity index (χ3v) is 3.91. The average molecular weight is 251 g/mol. The van der Waals surface area contributed by atoms with Gasteiger partial charge in [0, 0.05) is 18.8 Å². The molecule has 2 rings (SSSR count). The van der Waals surface area contributed by atoms with E-state index >= 15 is 0 Å². The Morgan fingerprint density at radius 1 is 1.61 bits per heavy atom. The van der Waals surface area contributed by atoms with Gasteiger partial charge in [-0.3, -0.25) is 9.69 Å². The van der Waals surface area contributed by atoms with Crippen LogP contribution in [-0.4, -0.2) is 37.6 Å². The Morgan fingerprint density at radius 3 is 2.94 bits per heavy atom. The third kappa shape index (κ3) is 2.14. The van der Waals surface area contributed by atoms with Crippen molar-refractivity contribution in [1.82, 2.24) is 14.5 Å². The van der Waals surface area contributed by atoms with Gasteiger partial charge in [0.25, 0.3) is 0 Å². The van der Waals surface area contributed by atoms with Gasteiger partial charge >= 0.3 is 5.97 Å². The number of carboxylic acids is 1. The number of aliphatic carboxylic acids is 1. The number of rotatable bonds is 4. The van der Waals surface area contributed by atoms with Crippen LogP contribution in [0.5, 0.6) is 0 Å². The first-order chi connectivity index (χ1) is 8.45. The predicted octanol–water partition coefficient (Wildman–Crippen LogP) is 1.90. The van der Waals surface area contributed by atoms with Gasteiger partial charge in [-0.2, -0.15) is 0 Å². The van der Waals surface area contributed by atoms with Crippen molar-refractivity contribution < 1.29 is 9.90 Å². The lowest BCUT2D eigenvalue weighted by molar-refractivity contribution is -0.149. The lowest BCUT2D eigenvalue weighted by atomic mass is 9.99. The molecule has 0 bridgehead atoms. The van der Waals surface area contributed by atoms with E-state index in [-0.39, 0.29) is 0 Å². The molecule has 0 amide bonds. The van der Waals surface area contributed by atoms with E-state index in [2.05, 4.69) is 23.4 Å². The van der Waals surface area contributed by atoms with Crippen LogP contribution in [0, 0.1) is 0 Å². The van der Waals surface area contributed by atoms with Crippen molar-refractivity contribution in [3.8, 4) is 0 Å². The molecule has 0 spiro atoms. The zero-order valence-corrected chi connectivity index (χ0v) is 11.3. The number of nitrogens with zero attached hydrogens (tertiary/aromatic N) is 3. The van der Waals surface area contributed by atoms with E-state index in [4.69, 9.17) is 0 Å². The minimum Gasteiger partial charge on any atom is -0.480 e. The Kier molecular flexibility index (Phi) is 3.43. The molecular formula is C13H21N3O2. The second-order valence-corrected chi connectivity index (χ2v) is 5.49. The van der Waals surface area contributed by atoms with Crippen LogP contribution in [0.15, 0.2) is 12.5 Å². The molecule has 1 N–H and O–H groups in total. The average Bonchev–Trinajstić information content (AvgIpc) is 2.88. The quantitative estimate of drug-likeness (QED) is 0.888. The van der Waals surface area contributed by atoms with Crippen molar-refractivity contribution in [2.24, 2.45) is 0 Å². The topological polar surface area (TPSA) is 58.4 Å². The summed E-state index contributed by atoms with van der Waals surface area (Å²) in [4.78, 5) is 17.6. The fourth-order valence-corrected chi connectivity index (χ4v) is 2.63. The first kappa shape index (κ1) is 13.1. The van der Waals surface area contributed by atoms with E-state index in [0.29, 0.717) is 12.6 Å². The molecule has 1 atom stereocenters. The summed E-state index contributed by atoms with van der Waals surface area (Å²) in [5.41, 5.74) is 0.353. The van der Waals surface area contributed by atoms with Crippen LogP contribution < -0.4 is 0 Å². The summed E-state index contributed by atoms with van der Waals surface area (Å²) in [6.45, 7) is 7.52. The minimum atomic E-state index is -0.730. The molecule has 100 valence electrons. The zero-order chi connectivity index (χ0) is 13.3. The molecule has 1 fully saturated rings. The summed E-state index contributed by atoms with van der Waals surface area (Å²) < 4.78 is 2.10. The van der Waals surface area contributed by atoms with Crippen LogP contribution in [0.2, 0.25) is 0 Å². The molecule has 1 aliphatic heterocycles. The Labute approximate surface area is 107 Å². The summed E-state index contributed by atoms with van der Waals surface area (Å²) in [6.07, 6.45) is 5.31. The molecule has 5 nitrogen and oxygen atoms in total. The second kappa shape index (κ2) is 4.72. The largest absolute Gasteiger partial charge is 0.480 e. The first-order valence-corrected chi connectivity index (χ1v) is 6.44. The van der Waals surface area contributed by atoms with Crippen LogP contribution in [0.4, 0.5) is 0 Å². The van der Waals surface area contributed by atoms with E-state index in [0.717, 1.165) is 25.1 Å². The molecule has 2 heterocycles. The second-order valence-electron chi connectivity index (χ2n) is 5.49. The van der Waals surface area contributed by atoms with Crippen LogP contribution in [-0.2, 0) is 11.3 Å². The van der Waals surface area contributed by atoms with Crippen LogP contribution in [0.3, 0.4) is 0 Å². The lowest BCUT2D eigenvalue weighted by Crippen LogP contribution is -2.47. The maximum atomic E-state index is 11.4. The number of aromatic nitrogens is 2. The van der Waals surface area contributed by atoms with Crippen molar-refractivity contribution >= 4 is 5.97 Å². The highest BCUT2D eigenvalue weighted by atomic mass is 16.4. The van der Waals surface area contributed by atoms with Gasteiger partial charge in [0.15, 0.2) is 0 Å². The van der Waals surface area contributed by atoms with Gasteiger partial charge in [0.05, 0.1) is 12.0 Å². The number of carboxylic acid groups (broad SMARTS) is 1. The Morgan fingerprint density at radius 2 is 2.33 bits per heavy atom. The summed E-state index contributed by atoms with van der Waals surface area (Å²) in [5.74, 6) is -0.726. The summed E-state index contributed by atoms with van der Waals surface area (Å²) in [7, 11) is 0. The van der Waals surface area contributed by atoms with E-state index < -0.39 is 11.5 Å². The highest BCUT2D eigenvalue weighted by molar-refractivity contribution is 5.78. The third-order valence-electron chi connectivity index (χ3n) is 3.91. The smallest absolute Gasteiger partial charge is 0.323 e. The molecule has 1 aromatic rings. The molecule has 1 unspecified atom stereocenters. The number of hydrogen-bond donors (Lipinski definition) is 1. The lowest BCUT2D eigenvalue weighted by Gasteiger charge is -2.31. The van der Waals surface area contributed by atoms with Gasteiger partial charge in [-0.15, -0.1) is 0 Å². The van der Waals surface area contributed by atoms with Crippen molar-refractivity contribution in [3.63, 3.8) is 0 Å². The summed E-state index contributed by atoms with van der Waals surface area (Å²) in [5, 5.41) is 9.39. The molecule has 5 heteroatoms. The summed E-state index contributed by atoms with van der Waals surface area (Å²) >= 11 is 0. The van der Waals surface area contributed by atoms with Crippen molar-refractivity contribution in [3.05, 3.63) is 18.2 Å². The molecule has 0 aromatic carbocycles. The Balaban J connectivity index is 2.18. The monoisotopic (exact) mass is 251 g/mol. The van der Waals surface area contributed by atoms with Crippen LogP contribution in [0.1, 0.15) is 45.3 Å². The fraction of sp³-hybridized carbons (Fsp3) is 0.692. The molecule has 1 saturated heterocycles. The minimum absolute atomic E-state index is 0.348. The molecule has 1 aromatic heterocycles. The van der Waals surface area contributed by atoms with E-state index in [1.165, 1.54) is 0 Å². The number of likely N-dealkylation sites (tertiary alicyclic amines) is 1. The van der Waals surface area contributed by atoms with E-state index in [1.54, 1.807) is 0 Å². The Hall–Kier alpha value is -1.36. The Bertz CT molecular complexity index is 441. The number of hydrogen-bond acceptors (Lipinski definition) is 3.